The molecule has 0 saturated carbocycles. The Morgan fingerprint density at radius 1 is 1.58 bits per heavy atom. The number of H-pyrrole nitrogens is 1. The largest absolute Gasteiger partial charge is 0.352 e. The Balaban J connectivity index is 2.64. The molecule has 1 aromatic heterocycles. The zero-order valence-corrected chi connectivity index (χ0v) is 10.1. The van der Waals surface area contributed by atoms with E-state index in [0.29, 0.717) is 0 Å². The highest BCUT2D eigenvalue weighted by Crippen LogP contribution is 2.23. The van der Waals surface area contributed by atoms with Gasteiger partial charge in [-0.25, -0.2) is 0 Å². The average molecular weight is 296 g/mol. The van der Waals surface area contributed by atoms with E-state index in [1.54, 1.807) is 0 Å². The van der Waals surface area contributed by atoms with Crippen molar-refractivity contribution < 1.29 is 0 Å². The summed E-state index contributed by atoms with van der Waals surface area (Å²) in [5, 5.41) is 0. The number of nitrogens with two attached hydrogens (primary N) is 1. The fourth-order valence-electron chi connectivity index (χ4n) is 0.990. The van der Waals surface area contributed by atoms with E-state index < -0.39 is 0 Å². The lowest BCUT2D eigenvalue weighted by atomic mass is 10.1. The van der Waals surface area contributed by atoms with Crippen LogP contribution >= 0.6 is 31.9 Å². The van der Waals surface area contributed by atoms with Gasteiger partial charge in [0, 0.05) is 22.6 Å². The molecule has 1 unspecified atom stereocenters. The fraction of sp³-hybridized carbons (Fsp3) is 0.500. The summed E-state index contributed by atoms with van der Waals surface area (Å²) >= 11 is 6.79. The summed E-state index contributed by atoms with van der Waals surface area (Å²) in [6, 6.07) is 2.31. The summed E-state index contributed by atoms with van der Waals surface area (Å²) in [6.07, 6.45) is 1.91. The molecule has 1 heterocycles. The maximum Gasteiger partial charge on any atom is 0.0966 e. The molecule has 2 nitrogen and oxygen atoms in total. The van der Waals surface area contributed by atoms with Gasteiger partial charge in [-0.2, -0.15) is 0 Å². The van der Waals surface area contributed by atoms with Gasteiger partial charge in [-0.05, 0) is 44.3 Å². The third kappa shape index (κ3) is 2.61. The molecule has 1 rings (SSSR count). The number of aromatic amines is 1. The number of nitrogens with one attached hydrogen (secondary N) is 1. The van der Waals surface area contributed by atoms with Crippen molar-refractivity contribution in [2.45, 2.75) is 25.8 Å². The molecule has 1 atom stereocenters. The SMILES string of the molecule is CCC(N)Cc1cc(Br)c(Br)[nH]1. The first-order chi connectivity index (χ1) is 5.63. The summed E-state index contributed by atoms with van der Waals surface area (Å²) in [7, 11) is 0. The second-order valence-electron chi connectivity index (χ2n) is 2.83. The van der Waals surface area contributed by atoms with Crippen molar-refractivity contribution in [1.29, 1.82) is 0 Å². The van der Waals surface area contributed by atoms with Gasteiger partial charge in [0.2, 0.25) is 0 Å². The molecule has 0 aliphatic heterocycles. The van der Waals surface area contributed by atoms with Crippen molar-refractivity contribution in [1.82, 2.24) is 4.98 Å². The predicted octanol–water partition coefficient (Wildman–Crippen LogP) is 2.82. The predicted molar refractivity (Wildman–Crippen MR) is 58.2 cm³/mol. The third-order valence-electron chi connectivity index (χ3n) is 1.79. The van der Waals surface area contributed by atoms with E-state index in [4.69, 9.17) is 5.73 Å². The molecule has 0 radical (unpaired) electrons. The Morgan fingerprint density at radius 2 is 2.25 bits per heavy atom. The fourth-order valence-corrected chi connectivity index (χ4v) is 1.73. The lowest BCUT2D eigenvalue weighted by Crippen LogP contribution is -2.21. The van der Waals surface area contributed by atoms with Gasteiger partial charge in [0.05, 0.1) is 4.60 Å². The lowest BCUT2D eigenvalue weighted by Gasteiger charge is -2.05. The molecule has 3 N–H and O–H groups in total. The molecule has 0 aliphatic carbocycles. The van der Waals surface area contributed by atoms with Gasteiger partial charge in [-0.3, -0.25) is 0 Å². The van der Waals surface area contributed by atoms with Crippen LogP contribution < -0.4 is 5.73 Å². The first-order valence-electron chi connectivity index (χ1n) is 3.92. The molecular formula is C8H12Br2N2. The van der Waals surface area contributed by atoms with E-state index >= 15 is 0 Å². The lowest BCUT2D eigenvalue weighted by molar-refractivity contribution is 0.638. The highest BCUT2D eigenvalue weighted by molar-refractivity contribution is 9.13. The number of halogens is 2. The van der Waals surface area contributed by atoms with Crippen LogP contribution in [0.1, 0.15) is 19.0 Å². The minimum Gasteiger partial charge on any atom is -0.352 e. The van der Waals surface area contributed by atoms with E-state index in [0.717, 1.165) is 21.9 Å². The maximum absolute atomic E-state index is 5.81. The van der Waals surface area contributed by atoms with Crippen molar-refractivity contribution in [2.24, 2.45) is 5.73 Å². The molecule has 68 valence electrons. The molecular weight excluding hydrogens is 284 g/mol. The van der Waals surface area contributed by atoms with Crippen LogP contribution in [0.2, 0.25) is 0 Å². The number of rotatable bonds is 3. The Hall–Kier alpha value is 0.200. The molecule has 0 bridgehead atoms. The van der Waals surface area contributed by atoms with Gasteiger partial charge in [0.15, 0.2) is 0 Å². The van der Waals surface area contributed by atoms with Crippen LogP contribution in [-0.4, -0.2) is 11.0 Å². The standard InChI is InChI=1S/C8H12Br2N2/c1-2-5(11)3-6-4-7(9)8(10)12-6/h4-5,12H,2-3,11H2,1H3. The Labute approximate surface area is 89.2 Å². The second-order valence-corrected chi connectivity index (χ2v) is 4.48. The summed E-state index contributed by atoms with van der Waals surface area (Å²) in [5.41, 5.74) is 6.98. The first kappa shape index (κ1) is 10.3. The number of aromatic nitrogens is 1. The Bertz CT molecular complexity index is 238. The summed E-state index contributed by atoms with van der Waals surface area (Å²) in [4.78, 5) is 3.20. The van der Waals surface area contributed by atoms with E-state index in [1.165, 1.54) is 5.69 Å². The Morgan fingerprint density at radius 3 is 2.67 bits per heavy atom. The summed E-state index contributed by atoms with van der Waals surface area (Å²) < 4.78 is 2.04. The van der Waals surface area contributed by atoms with Gasteiger partial charge in [-0.15, -0.1) is 0 Å². The van der Waals surface area contributed by atoms with E-state index in [1.807, 2.05) is 0 Å². The summed E-state index contributed by atoms with van der Waals surface area (Å²) in [5.74, 6) is 0. The van der Waals surface area contributed by atoms with Crippen molar-refractivity contribution in [2.75, 3.05) is 0 Å². The van der Waals surface area contributed by atoms with Gasteiger partial charge in [0.25, 0.3) is 0 Å². The number of hydrogen-bond donors (Lipinski definition) is 2. The van der Waals surface area contributed by atoms with Gasteiger partial charge in [-0.1, -0.05) is 6.92 Å². The molecule has 1 aromatic rings. The van der Waals surface area contributed by atoms with Crippen LogP contribution in [0.5, 0.6) is 0 Å². The van der Waals surface area contributed by atoms with E-state index in [9.17, 15) is 0 Å². The van der Waals surface area contributed by atoms with Crippen molar-refractivity contribution in [3.05, 3.63) is 20.8 Å². The van der Waals surface area contributed by atoms with E-state index in [-0.39, 0.29) is 6.04 Å². The van der Waals surface area contributed by atoms with Gasteiger partial charge < -0.3 is 10.7 Å². The second kappa shape index (κ2) is 4.44. The smallest absolute Gasteiger partial charge is 0.0966 e. The number of hydrogen-bond acceptors (Lipinski definition) is 1. The molecule has 0 amide bonds. The minimum atomic E-state index is 0.252. The monoisotopic (exact) mass is 294 g/mol. The normalized spacial score (nSPS) is 13.3. The van der Waals surface area contributed by atoms with Crippen LogP contribution in [0.3, 0.4) is 0 Å². The van der Waals surface area contributed by atoms with Crippen LogP contribution in [0.15, 0.2) is 15.1 Å². The Kier molecular flexibility index (Phi) is 3.80. The summed E-state index contributed by atoms with van der Waals surface area (Å²) in [6.45, 7) is 2.09. The van der Waals surface area contributed by atoms with Crippen LogP contribution in [0.25, 0.3) is 0 Å². The zero-order valence-electron chi connectivity index (χ0n) is 6.90. The molecule has 12 heavy (non-hydrogen) atoms. The van der Waals surface area contributed by atoms with Gasteiger partial charge in [0.1, 0.15) is 0 Å². The van der Waals surface area contributed by atoms with Crippen molar-refractivity contribution in [3.8, 4) is 0 Å². The topological polar surface area (TPSA) is 41.8 Å². The van der Waals surface area contributed by atoms with E-state index in [2.05, 4.69) is 49.8 Å². The van der Waals surface area contributed by atoms with Crippen molar-refractivity contribution in [3.63, 3.8) is 0 Å². The maximum atomic E-state index is 5.81. The highest BCUT2D eigenvalue weighted by Gasteiger charge is 2.06. The molecule has 0 fully saturated rings. The zero-order chi connectivity index (χ0) is 9.14. The molecule has 0 aliphatic rings. The van der Waals surface area contributed by atoms with Gasteiger partial charge >= 0.3 is 0 Å². The molecule has 0 spiro atoms. The molecule has 0 saturated heterocycles. The average Bonchev–Trinajstić information content (AvgIpc) is 2.31. The highest BCUT2D eigenvalue weighted by atomic mass is 79.9. The van der Waals surface area contributed by atoms with Crippen LogP contribution in [-0.2, 0) is 6.42 Å². The molecule has 0 aromatic carbocycles. The third-order valence-corrected chi connectivity index (χ3v) is 3.57. The van der Waals surface area contributed by atoms with Crippen molar-refractivity contribution >= 4 is 31.9 Å². The van der Waals surface area contributed by atoms with Crippen LogP contribution in [0, 0.1) is 0 Å². The quantitative estimate of drug-likeness (QED) is 0.885. The minimum absolute atomic E-state index is 0.252. The van der Waals surface area contributed by atoms with Crippen LogP contribution in [0.4, 0.5) is 0 Å². The first-order valence-corrected chi connectivity index (χ1v) is 5.50. The molecule has 4 heteroatoms.